The monoisotopic (exact) mass is 323 g/mol. The third-order valence-corrected chi connectivity index (χ3v) is 5.48. The quantitative estimate of drug-likeness (QED) is 0.902. The zero-order valence-corrected chi connectivity index (χ0v) is 14.0. The number of nitrogens with zero attached hydrogens (tertiary/aromatic N) is 2. The summed E-state index contributed by atoms with van der Waals surface area (Å²) < 4.78 is 0. The first kappa shape index (κ1) is 14.9. The van der Waals surface area contributed by atoms with Gasteiger partial charge in [-0.05, 0) is 24.6 Å². The van der Waals surface area contributed by atoms with Gasteiger partial charge in [0.15, 0.2) is 0 Å². The number of piperazine rings is 1. The minimum Gasteiger partial charge on any atom is -0.314 e. The molecule has 1 fully saturated rings. The summed E-state index contributed by atoms with van der Waals surface area (Å²) in [5.41, 5.74) is 3.62. The summed E-state index contributed by atoms with van der Waals surface area (Å²) in [4.78, 5) is 10.1. The molecule has 0 atom stereocenters. The maximum Gasteiger partial charge on any atom is 0.0773 e. The molecule has 23 heavy (non-hydrogen) atoms. The molecule has 4 heteroatoms. The van der Waals surface area contributed by atoms with E-state index < -0.39 is 0 Å². The van der Waals surface area contributed by atoms with Gasteiger partial charge in [-0.1, -0.05) is 42.1 Å². The molecule has 3 nitrogen and oxygen atoms in total. The number of fused-ring (bicyclic) bond motifs is 2. The second-order valence-electron chi connectivity index (χ2n) is 5.97. The number of nitrogens with one attached hydrogen (secondary N) is 1. The summed E-state index contributed by atoms with van der Waals surface area (Å²) in [6, 6.07) is 8.47. The van der Waals surface area contributed by atoms with Crippen LogP contribution in [0.15, 0.2) is 68.9 Å². The molecule has 0 amide bonds. The van der Waals surface area contributed by atoms with Gasteiger partial charge in [-0.3, -0.25) is 9.89 Å². The van der Waals surface area contributed by atoms with E-state index in [1.54, 1.807) is 0 Å². The second-order valence-corrected chi connectivity index (χ2v) is 7.05. The molecule has 1 N–H and O–H groups in total. The van der Waals surface area contributed by atoms with Gasteiger partial charge in [0, 0.05) is 48.1 Å². The molecule has 0 radical (unpaired) electrons. The van der Waals surface area contributed by atoms with Crippen molar-refractivity contribution >= 4 is 23.2 Å². The van der Waals surface area contributed by atoms with Crippen molar-refractivity contribution in [3.8, 4) is 0 Å². The Morgan fingerprint density at radius 1 is 1.17 bits per heavy atom. The standard InChI is InChI=1S/C19H21N3S/c1-2-6-15-17(14-22-12-10-20-11-13-22)21-16-7-4-5-9-19(16)23-18(15)8-3-1/h1,3-9,20H,2,10-14H2. The predicted octanol–water partition coefficient (Wildman–Crippen LogP) is 3.54. The SMILES string of the molecule is C1=CCC=C2C(=C1)Sc1ccccc1N=C2CN1CCNCC1. The van der Waals surface area contributed by atoms with E-state index in [4.69, 9.17) is 4.99 Å². The molecule has 1 aromatic carbocycles. The molecular formula is C19H21N3S. The Morgan fingerprint density at radius 3 is 2.96 bits per heavy atom. The van der Waals surface area contributed by atoms with Crippen LogP contribution in [0.3, 0.4) is 0 Å². The maximum atomic E-state index is 5.06. The zero-order chi connectivity index (χ0) is 15.5. The summed E-state index contributed by atoms with van der Waals surface area (Å²) in [5, 5.41) is 3.42. The summed E-state index contributed by atoms with van der Waals surface area (Å²) in [5.74, 6) is 0. The van der Waals surface area contributed by atoms with Crippen molar-refractivity contribution in [2.45, 2.75) is 11.3 Å². The van der Waals surface area contributed by atoms with Crippen LogP contribution in [-0.4, -0.2) is 43.3 Å². The summed E-state index contributed by atoms with van der Waals surface area (Å²) in [6.07, 6.45) is 9.92. The van der Waals surface area contributed by atoms with Crippen molar-refractivity contribution in [3.05, 3.63) is 59.0 Å². The Balaban J connectivity index is 1.73. The average Bonchev–Trinajstić information content (AvgIpc) is 2.89. The first-order chi connectivity index (χ1) is 11.4. The first-order valence-corrected chi connectivity index (χ1v) is 9.07. The molecular weight excluding hydrogens is 302 g/mol. The highest BCUT2D eigenvalue weighted by Crippen LogP contribution is 2.42. The molecule has 118 valence electrons. The van der Waals surface area contributed by atoms with Crippen LogP contribution in [0.5, 0.6) is 0 Å². The number of allylic oxidation sites excluding steroid dienone is 5. The molecule has 0 saturated carbocycles. The van der Waals surface area contributed by atoms with Crippen molar-refractivity contribution in [3.63, 3.8) is 0 Å². The van der Waals surface area contributed by atoms with Crippen molar-refractivity contribution < 1.29 is 0 Å². The Kier molecular flexibility index (Phi) is 4.46. The number of rotatable bonds is 2. The van der Waals surface area contributed by atoms with Crippen molar-refractivity contribution in [1.29, 1.82) is 0 Å². The number of aliphatic imine (C=N–C) groups is 1. The van der Waals surface area contributed by atoms with Gasteiger partial charge in [-0.2, -0.15) is 0 Å². The third-order valence-electron chi connectivity index (χ3n) is 4.34. The lowest BCUT2D eigenvalue weighted by atomic mass is 10.1. The highest BCUT2D eigenvalue weighted by molar-refractivity contribution is 8.03. The highest BCUT2D eigenvalue weighted by Gasteiger charge is 2.22. The number of thioether (sulfide) groups is 1. The van der Waals surface area contributed by atoms with E-state index in [-0.39, 0.29) is 0 Å². The molecule has 2 heterocycles. The molecule has 1 aromatic rings. The fourth-order valence-corrected chi connectivity index (χ4v) is 4.18. The zero-order valence-electron chi connectivity index (χ0n) is 13.2. The van der Waals surface area contributed by atoms with Crippen molar-refractivity contribution in [2.75, 3.05) is 32.7 Å². The minimum absolute atomic E-state index is 0.930. The lowest BCUT2D eigenvalue weighted by molar-refractivity contribution is 0.272. The molecule has 2 aliphatic heterocycles. The van der Waals surface area contributed by atoms with Gasteiger partial charge in [-0.25, -0.2) is 0 Å². The molecule has 0 aromatic heterocycles. The Bertz CT molecular complexity index is 709. The highest BCUT2D eigenvalue weighted by atomic mass is 32.2. The summed E-state index contributed by atoms with van der Waals surface area (Å²) >= 11 is 1.84. The number of benzene rings is 1. The lowest BCUT2D eigenvalue weighted by Crippen LogP contribution is -2.45. The van der Waals surface area contributed by atoms with E-state index in [1.165, 1.54) is 21.1 Å². The molecule has 1 saturated heterocycles. The topological polar surface area (TPSA) is 27.6 Å². The number of para-hydroxylation sites is 1. The molecule has 1 aliphatic carbocycles. The van der Waals surface area contributed by atoms with Crippen LogP contribution in [0.25, 0.3) is 0 Å². The van der Waals surface area contributed by atoms with Gasteiger partial charge in [0.1, 0.15) is 0 Å². The smallest absolute Gasteiger partial charge is 0.0773 e. The van der Waals surface area contributed by atoms with Crippen LogP contribution < -0.4 is 5.32 Å². The van der Waals surface area contributed by atoms with Gasteiger partial charge in [0.05, 0.1) is 11.4 Å². The Hall–Kier alpha value is -1.62. The van der Waals surface area contributed by atoms with Crippen LogP contribution in [0.4, 0.5) is 5.69 Å². The summed E-state index contributed by atoms with van der Waals surface area (Å²) in [7, 11) is 0. The van der Waals surface area contributed by atoms with E-state index in [0.29, 0.717) is 0 Å². The molecule has 3 aliphatic rings. The lowest BCUT2D eigenvalue weighted by Gasteiger charge is -2.28. The second kappa shape index (κ2) is 6.87. The normalized spacial score (nSPS) is 21.3. The molecule has 0 spiro atoms. The predicted molar refractivity (Wildman–Crippen MR) is 98.6 cm³/mol. The fourth-order valence-electron chi connectivity index (χ4n) is 3.12. The average molecular weight is 323 g/mol. The van der Waals surface area contributed by atoms with Crippen molar-refractivity contribution in [1.82, 2.24) is 10.2 Å². The third kappa shape index (κ3) is 3.34. The minimum atomic E-state index is 0.930. The largest absolute Gasteiger partial charge is 0.314 e. The molecule has 0 unspecified atom stereocenters. The van der Waals surface area contributed by atoms with Gasteiger partial charge in [0.25, 0.3) is 0 Å². The number of hydrogen-bond acceptors (Lipinski definition) is 4. The van der Waals surface area contributed by atoms with E-state index in [0.717, 1.165) is 44.8 Å². The van der Waals surface area contributed by atoms with E-state index in [9.17, 15) is 0 Å². The van der Waals surface area contributed by atoms with Crippen LogP contribution in [0, 0.1) is 0 Å². The van der Waals surface area contributed by atoms with Gasteiger partial charge < -0.3 is 5.32 Å². The van der Waals surface area contributed by atoms with Crippen molar-refractivity contribution in [2.24, 2.45) is 4.99 Å². The van der Waals surface area contributed by atoms with Crippen LogP contribution in [0.2, 0.25) is 0 Å². The molecule has 4 rings (SSSR count). The van der Waals surface area contributed by atoms with Crippen LogP contribution in [-0.2, 0) is 0 Å². The fraction of sp³-hybridized carbons (Fsp3) is 0.316. The van der Waals surface area contributed by atoms with Gasteiger partial charge >= 0.3 is 0 Å². The Morgan fingerprint density at radius 2 is 2.04 bits per heavy atom. The summed E-state index contributed by atoms with van der Waals surface area (Å²) in [6.45, 7) is 5.26. The van der Waals surface area contributed by atoms with Gasteiger partial charge in [-0.15, -0.1) is 0 Å². The van der Waals surface area contributed by atoms with E-state index >= 15 is 0 Å². The Labute approximate surface area is 141 Å². The van der Waals surface area contributed by atoms with Gasteiger partial charge in [0.2, 0.25) is 0 Å². The first-order valence-electron chi connectivity index (χ1n) is 8.25. The van der Waals surface area contributed by atoms with Crippen LogP contribution >= 0.6 is 11.8 Å². The van der Waals surface area contributed by atoms with Crippen LogP contribution in [0.1, 0.15) is 6.42 Å². The van der Waals surface area contributed by atoms with E-state index in [2.05, 4.69) is 58.8 Å². The number of hydrogen-bond donors (Lipinski definition) is 1. The molecule has 0 bridgehead atoms. The van der Waals surface area contributed by atoms with E-state index in [1.807, 2.05) is 11.8 Å². The maximum absolute atomic E-state index is 5.06.